The summed E-state index contributed by atoms with van der Waals surface area (Å²) in [6.07, 6.45) is 1.08. The molecule has 1 amide bonds. The van der Waals surface area contributed by atoms with Gasteiger partial charge in [-0.15, -0.1) is 0 Å². The second-order valence-electron chi connectivity index (χ2n) is 7.01. The molecule has 2 aromatic carbocycles. The summed E-state index contributed by atoms with van der Waals surface area (Å²) in [6.45, 7) is 2.14. The third kappa shape index (κ3) is 4.96. The van der Waals surface area contributed by atoms with E-state index in [1.54, 1.807) is 23.1 Å². The van der Waals surface area contributed by atoms with E-state index >= 15 is 0 Å². The average Bonchev–Trinajstić information content (AvgIpc) is 2.76. The molecule has 1 aliphatic heterocycles. The molecule has 0 aromatic heterocycles. The molecule has 3 rings (SSSR count). The first-order chi connectivity index (χ1) is 14.3. The molecule has 1 aliphatic rings. The van der Waals surface area contributed by atoms with Crippen molar-refractivity contribution >= 4 is 27.3 Å². The normalized spacial score (nSPS) is 14.4. The van der Waals surface area contributed by atoms with Crippen LogP contribution in [0.4, 0.5) is 11.4 Å². The number of amides is 1. The van der Waals surface area contributed by atoms with Crippen LogP contribution in [0.1, 0.15) is 0 Å². The van der Waals surface area contributed by atoms with Gasteiger partial charge in [-0.2, -0.15) is 0 Å². The molecule has 8 nitrogen and oxygen atoms in total. The Morgan fingerprint density at radius 2 is 1.67 bits per heavy atom. The third-order valence-corrected chi connectivity index (χ3v) is 6.21. The number of methoxy groups -OCH3 is 2. The monoisotopic (exact) mass is 433 g/mol. The summed E-state index contributed by atoms with van der Waals surface area (Å²) >= 11 is 0. The van der Waals surface area contributed by atoms with Crippen LogP contribution in [-0.4, -0.2) is 72.4 Å². The number of anilines is 2. The number of hydrogen-bond acceptors (Lipinski definition) is 6. The van der Waals surface area contributed by atoms with Gasteiger partial charge in [0.25, 0.3) is 0 Å². The summed E-state index contributed by atoms with van der Waals surface area (Å²) in [4.78, 5) is 16.9. The summed E-state index contributed by atoms with van der Waals surface area (Å²) in [6, 6.07) is 14.9. The number of carbonyl (C=O) groups is 1. The Labute approximate surface area is 177 Å². The first-order valence-corrected chi connectivity index (χ1v) is 11.5. The largest absolute Gasteiger partial charge is 0.497 e. The van der Waals surface area contributed by atoms with Crippen molar-refractivity contribution in [2.75, 3.05) is 62.4 Å². The zero-order chi connectivity index (χ0) is 21.7. The van der Waals surface area contributed by atoms with E-state index in [2.05, 4.69) is 4.90 Å². The molecule has 9 heteroatoms. The first-order valence-electron chi connectivity index (χ1n) is 9.61. The van der Waals surface area contributed by atoms with E-state index in [0.717, 1.165) is 16.2 Å². The number of ether oxygens (including phenoxy) is 2. The number of nitrogens with zero attached hydrogens (tertiary/aromatic N) is 3. The quantitative estimate of drug-likeness (QED) is 0.663. The molecule has 1 saturated heterocycles. The van der Waals surface area contributed by atoms with E-state index in [9.17, 15) is 13.2 Å². The number of benzene rings is 2. The molecule has 1 fully saturated rings. The van der Waals surface area contributed by atoms with Crippen molar-refractivity contribution in [1.82, 2.24) is 4.90 Å². The predicted octanol–water partition coefficient (Wildman–Crippen LogP) is 1.82. The summed E-state index contributed by atoms with van der Waals surface area (Å²) in [5.41, 5.74) is 1.39. The summed E-state index contributed by atoms with van der Waals surface area (Å²) in [5, 5.41) is 0. The third-order valence-electron chi connectivity index (χ3n) is 5.09. The van der Waals surface area contributed by atoms with Crippen molar-refractivity contribution in [3.63, 3.8) is 0 Å². The molecule has 0 atom stereocenters. The van der Waals surface area contributed by atoms with Gasteiger partial charge in [-0.05, 0) is 24.3 Å². The molecule has 162 valence electrons. The Hall–Kier alpha value is -2.94. The van der Waals surface area contributed by atoms with Crippen LogP contribution in [0.5, 0.6) is 11.5 Å². The number of hydrogen-bond donors (Lipinski definition) is 0. The predicted molar refractivity (Wildman–Crippen MR) is 117 cm³/mol. The highest BCUT2D eigenvalue weighted by molar-refractivity contribution is 7.92. The fraction of sp³-hybridized carbons (Fsp3) is 0.381. The maximum absolute atomic E-state index is 13.0. The van der Waals surface area contributed by atoms with Gasteiger partial charge in [0.1, 0.15) is 18.0 Å². The summed E-state index contributed by atoms with van der Waals surface area (Å²) in [5.74, 6) is 0.573. The van der Waals surface area contributed by atoms with Crippen molar-refractivity contribution in [1.29, 1.82) is 0 Å². The van der Waals surface area contributed by atoms with Crippen molar-refractivity contribution in [3.8, 4) is 11.5 Å². The number of sulfonamides is 1. The fourth-order valence-corrected chi connectivity index (χ4v) is 4.29. The topological polar surface area (TPSA) is 79.4 Å². The highest BCUT2D eigenvalue weighted by Gasteiger charge is 2.28. The lowest BCUT2D eigenvalue weighted by Crippen LogP contribution is -2.52. The second-order valence-corrected chi connectivity index (χ2v) is 8.92. The lowest BCUT2D eigenvalue weighted by molar-refractivity contribution is -0.129. The Bertz CT molecular complexity index is 973. The molecular formula is C21H27N3O5S. The molecule has 0 spiro atoms. The SMILES string of the molecule is COc1ccc(OC)c(N(CC(=O)N2CCN(c3ccccc3)CC2)S(C)(=O)=O)c1. The van der Waals surface area contributed by atoms with Crippen molar-refractivity contribution in [2.24, 2.45) is 0 Å². The smallest absolute Gasteiger partial charge is 0.243 e. The molecule has 2 aromatic rings. The van der Waals surface area contributed by atoms with Crippen molar-refractivity contribution in [3.05, 3.63) is 48.5 Å². The van der Waals surface area contributed by atoms with Gasteiger partial charge in [0, 0.05) is 37.9 Å². The molecular weight excluding hydrogens is 406 g/mol. The maximum Gasteiger partial charge on any atom is 0.243 e. The van der Waals surface area contributed by atoms with Crippen LogP contribution in [0.15, 0.2) is 48.5 Å². The molecule has 1 heterocycles. The fourth-order valence-electron chi connectivity index (χ4n) is 3.45. The zero-order valence-electron chi connectivity index (χ0n) is 17.4. The molecule has 0 aliphatic carbocycles. The van der Waals surface area contributed by atoms with Crippen molar-refractivity contribution < 1.29 is 22.7 Å². The van der Waals surface area contributed by atoms with Gasteiger partial charge in [-0.25, -0.2) is 8.42 Å². The minimum Gasteiger partial charge on any atom is -0.497 e. The molecule has 0 saturated carbocycles. The van der Waals surface area contributed by atoms with Crippen LogP contribution in [0.3, 0.4) is 0 Å². The lowest BCUT2D eigenvalue weighted by Gasteiger charge is -2.37. The van der Waals surface area contributed by atoms with E-state index in [-0.39, 0.29) is 18.1 Å². The molecule has 0 bridgehead atoms. The van der Waals surface area contributed by atoms with Gasteiger partial charge in [0.05, 0.1) is 26.2 Å². The highest BCUT2D eigenvalue weighted by Crippen LogP contribution is 2.33. The van der Waals surface area contributed by atoms with E-state index < -0.39 is 10.0 Å². The van der Waals surface area contributed by atoms with Crippen LogP contribution in [0.2, 0.25) is 0 Å². The first kappa shape index (κ1) is 21.8. The van der Waals surface area contributed by atoms with Crippen LogP contribution in [0, 0.1) is 0 Å². The Balaban J connectivity index is 1.75. The van der Waals surface area contributed by atoms with E-state index in [1.807, 2.05) is 30.3 Å². The number of carbonyl (C=O) groups excluding carboxylic acids is 1. The number of piperazine rings is 1. The Morgan fingerprint density at radius 3 is 2.23 bits per heavy atom. The zero-order valence-corrected chi connectivity index (χ0v) is 18.3. The second kappa shape index (κ2) is 9.25. The molecule has 0 N–H and O–H groups in total. The minimum absolute atomic E-state index is 0.252. The van der Waals surface area contributed by atoms with Gasteiger partial charge in [0.2, 0.25) is 15.9 Å². The van der Waals surface area contributed by atoms with Crippen LogP contribution in [0.25, 0.3) is 0 Å². The Kier molecular flexibility index (Phi) is 6.71. The van der Waals surface area contributed by atoms with E-state index in [1.165, 1.54) is 14.2 Å². The van der Waals surface area contributed by atoms with Gasteiger partial charge >= 0.3 is 0 Å². The molecule has 30 heavy (non-hydrogen) atoms. The maximum atomic E-state index is 13.0. The summed E-state index contributed by atoms with van der Waals surface area (Å²) in [7, 11) is -0.775. The molecule has 0 radical (unpaired) electrons. The average molecular weight is 434 g/mol. The number of para-hydroxylation sites is 1. The van der Waals surface area contributed by atoms with Gasteiger partial charge in [-0.1, -0.05) is 18.2 Å². The van der Waals surface area contributed by atoms with Crippen LogP contribution in [-0.2, 0) is 14.8 Å². The van der Waals surface area contributed by atoms with Crippen LogP contribution >= 0.6 is 0 Å². The van der Waals surface area contributed by atoms with Gasteiger partial charge in [-0.3, -0.25) is 9.10 Å². The van der Waals surface area contributed by atoms with Crippen LogP contribution < -0.4 is 18.7 Å². The standard InChI is InChI=1S/C21H27N3O5S/c1-28-18-9-10-20(29-2)19(15-18)24(30(3,26)27)16-21(25)23-13-11-22(12-14-23)17-7-5-4-6-8-17/h4-10,15H,11-14,16H2,1-3H3. The molecule has 0 unspecified atom stereocenters. The lowest BCUT2D eigenvalue weighted by atomic mass is 10.2. The summed E-state index contributed by atoms with van der Waals surface area (Å²) < 4.78 is 36.6. The van der Waals surface area contributed by atoms with Crippen molar-refractivity contribution in [2.45, 2.75) is 0 Å². The van der Waals surface area contributed by atoms with Gasteiger partial charge in [0.15, 0.2) is 0 Å². The van der Waals surface area contributed by atoms with E-state index in [4.69, 9.17) is 9.47 Å². The van der Waals surface area contributed by atoms with E-state index in [0.29, 0.717) is 37.7 Å². The van der Waals surface area contributed by atoms with Gasteiger partial charge < -0.3 is 19.3 Å². The highest BCUT2D eigenvalue weighted by atomic mass is 32.2. The Morgan fingerprint density at radius 1 is 1.00 bits per heavy atom. The minimum atomic E-state index is -3.72. The number of rotatable bonds is 7.